The minimum atomic E-state index is -0.785. The van der Waals surface area contributed by atoms with Crippen LogP contribution in [-0.2, 0) is 16.2 Å². The van der Waals surface area contributed by atoms with Crippen molar-refractivity contribution < 1.29 is 19.4 Å². The summed E-state index contributed by atoms with van der Waals surface area (Å²) in [5, 5.41) is 11.6. The lowest BCUT2D eigenvalue weighted by Gasteiger charge is -2.27. The highest BCUT2D eigenvalue weighted by molar-refractivity contribution is 6.51. The third-order valence-electron chi connectivity index (χ3n) is 7.75. The van der Waals surface area contributed by atoms with Crippen molar-refractivity contribution in [2.75, 3.05) is 22.9 Å². The minimum absolute atomic E-state index is 0.0643. The predicted molar refractivity (Wildman–Crippen MR) is 168 cm³/mol. The lowest BCUT2D eigenvalue weighted by Crippen LogP contribution is -2.29. The zero-order chi connectivity index (χ0) is 29.8. The molecule has 0 radical (unpaired) electrons. The number of aryl methyl sites for hydroxylation is 2. The van der Waals surface area contributed by atoms with Crippen LogP contribution in [0, 0.1) is 13.8 Å². The summed E-state index contributed by atoms with van der Waals surface area (Å²) in [6.07, 6.45) is 0. The second kappa shape index (κ2) is 12.4. The zero-order valence-corrected chi connectivity index (χ0v) is 24.5. The summed E-state index contributed by atoms with van der Waals surface area (Å²) in [5.41, 5.74) is 5.74. The van der Waals surface area contributed by atoms with Crippen LogP contribution in [0.25, 0.3) is 5.76 Å². The molecule has 4 aromatic carbocycles. The fourth-order valence-corrected chi connectivity index (χ4v) is 5.50. The van der Waals surface area contributed by atoms with E-state index in [2.05, 4.69) is 18.7 Å². The number of aliphatic hydroxyl groups is 1. The Bertz CT molecular complexity index is 1620. The molecule has 6 nitrogen and oxygen atoms in total. The summed E-state index contributed by atoms with van der Waals surface area (Å²) in [7, 11) is 0. The highest BCUT2D eigenvalue weighted by atomic mass is 16.5. The van der Waals surface area contributed by atoms with Gasteiger partial charge in [0, 0.05) is 30.0 Å². The second-order valence-corrected chi connectivity index (χ2v) is 10.5. The number of anilines is 2. The molecule has 5 rings (SSSR count). The van der Waals surface area contributed by atoms with Crippen LogP contribution in [0.15, 0.2) is 103 Å². The van der Waals surface area contributed by atoms with Crippen LogP contribution in [0.5, 0.6) is 5.75 Å². The smallest absolute Gasteiger partial charge is 0.300 e. The number of ether oxygens (including phenoxy) is 1. The standard InChI is InChI=1S/C36H36N2O4/c1-5-37(6-2)29-18-15-27(16-19-29)33-32(35(40)36(41)38(33)30-14-10-11-24(3)21-30)34(39)28-17-20-31(25(4)22-28)42-23-26-12-8-7-9-13-26/h7-22,33,39H,5-6,23H2,1-4H3/b34-32-. The van der Waals surface area contributed by atoms with E-state index in [1.807, 2.05) is 92.7 Å². The number of ketones is 1. The lowest BCUT2D eigenvalue weighted by atomic mass is 9.94. The van der Waals surface area contributed by atoms with Gasteiger partial charge in [-0.3, -0.25) is 14.5 Å². The SMILES string of the molecule is CCN(CC)c1ccc(C2/C(=C(/O)c3ccc(OCc4ccccc4)c(C)c3)C(=O)C(=O)N2c2cccc(C)c2)cc1. The normalized spacial score (nSPS) is 16.1. The van der Waals surface area contributed by atoms with Gasteiger partial charge < -0.3 is 14.7 Å². The molecule has 0 aliphatic carbocycles. The van der Waals surface area contributed by atoms with Crippen LogP contribution in [0.2, 0.25) is 0 Å². The van der Waals surface area contributed by atoms with Crippen molar-refractivity contribution in [2.45, 2.75) is 40.3 Å². The molecule has 4 aromatic rings. The fourth-order valence-electron chi connectivity index (χ4n) is 5.50. The van der Waals surface area contributed by atoms with Gasteiger partial charge in [-0.1, -0.05) is 54.6 Å². The number of Topliss-reactive ketones (excluding diaryl/α,β-unsaturated/α-hetero) is 1. The van der Waals surface area contributed by atoms with Crippen LogP contribution in [0.3, 0.4) is 0 Å². The van der Waals surface area contributed by atoms with Crippen molar-refractivity contribution in [1.82, 2.24) is 0 Å². The van der Waals surface area contributed by atoms with Crippen LogP contribution >= 0.6 is 0 Å². The van der Waals surface area contributed by atoms with Gasteiger partial charge in [0.25, 0.3) is 11.7 Å². The van der Waals surface area contributed by atoms with Gasteiger partial charge in [0.1, 0.15) is 18.1 Å². The van der Waals surface area contributed by atoms with Gasteiger partial charge in [0.15, 0.2) is 0 Å². The molecule has 1 N–H and O–H groups in total. The molecule has 0 saturated carbocycles. The van der Waals surface area contributed by atoms with E-state index in [0.717, 1.165) is 41.0 Å². The average Bonchev–Trinajstić information content (AvgIpc) is 3.27. The van der Waals surface area contributed by atoms with Gasteiger partial charge in [0.05, 0.1) is 11.6 Å². The molecular weight excluding hydrogens is 524 g/mol. The van der Waals surface area contributed by atoms with Gasteiger partial charge in [-0.15, -0.1) is 0 Å². The number of hydrogen-bond acceptors (Lipinski definition) is 5. The van der Waals surface area contributed by atoms with E-state index in [-0.39, 0.29) is 11.3 Å². The molecule has 1 unspecified atom stereocenters. The molecule has 0 bridgehead atoms. The summed E-state index contributed by atoms with van der Waals surface area (Å²) >= 11 is 0. The summed E-state index contributed by atoms with van der Waals surface area (Å²) < 4.78 is 6.02. The number of carbonyl (C=O) groups excluding carboxylic acids is 2. The van der Waals surface area contributed by atoms with E-state index in [9.17, 15) is 14.7 Å². The van der Waals surface area contributed by atoms with Crippen molar-refractivity contribution >= 4 is 28.8 Å². The monoisotopic (exact) mass is 560 g/mol. The van der Waals surface area contributed by atoms with E-state index in [1.54, 1.807) is 18.2 Å². The third kappa shape index (κ3) is 5.66. The van der Waals surface area contributed by atoms with E-state index < -0.39 is 17.7 Å². The van der Waals surface area contributed by atoms with Crippen molar-refractivity contribution in [3.8, 4) is 5.75 Å². The molecule has 1 aliphatic rings. The van der Waals surface area contributed by atoms with E-state index in [4.69, 9.17) is 4.74 Å². The van der Waals surface area contributed by atoms with Crippen molar-refractivity contribution in [2.24, 2.45) is 0 Å². The van der Waals surface area contributed by atoms with Gasteiger partial charge >= 0.3 is 0 Å². The first kappa shape index (κ1) is 28.7. The Kier molecular flexibility index (Phi) is 8.43. The summed E-state index contributed by atoms with van der Waals surface area (Å²) in [4.78, 5) is 30.9. The van der Waals surface area contributed by atoms with Crippen LogP contribution < -0.4 is 14.5 Å². The second-order valence-electron chi connectivity index (χ2n) is 10.5. The molecule has 1 amide bonds. The first-order chi connectivity index (χ1) is 20.3. The number of benzene rings is 4. The molecule has 6 heteroatoms. The van der Waals surface area contributed by atoms with E-state index in [1.165, 1.54) is 4.90 Å². The maximum atomic E-state index is 13.6. The molecule has 1 fully saturated rings. The fraction of sp³-hybridized carbons (Fsp3) is 0.222. The molecule has 42 heavy (non-hydrogen) atoms. The number of hydrogen-bond donors (Lipinski definition) is 1. The summed E-state index contributed by atoms with van der Waals surface area (Å²) in [6, 6.07) is 29.8. The molecule has 1 heterocycles. The molecular formula is C36H36N2O4. The predicted octanol–water partition coefficient (Wildman–Crippen LogP) is 7.35. The van der Waals surface area contributed by atoms with Crippen molar-refractivity contribution in [1.29, 1.82) is 0 Å². The quantitative estimate of drug-likeness (QED) is 0.132. The van der Waals surface area contributed by atoms with Crippen molar-refractivity contribution in [3.05, 3.63) is 130 Å². The average molecular weight is 561 g/mol. The molecule has 1 saturated heterocycles. The molecule has 1 atom stereocenters. The Balaban J connectivity index is 1.56. The van der Waals surface area contributed by atoms with E-state index in [0.29, 0.717) is 23.6 Å². The zero-order valence-electron chi connectivity index (χ0n) is 24.5. The number of amides is 1. The van der Waals surface area contributed by atoms with Gasteiger partial charge in [0.2, 0.25) is 0 Å². The lowest BCUT2D eigenvalue weighted by molar-refractivity contribution is -0.132. The van der Waals surface area contributed by atoms with Crippen molar-refractivity contribution in [3.63, 3.8) is 0 Å². The summed E-state index contributed by atoms with van der Waals surface area (Å²) in [6.45, 7) is 10.2. The molecule has 0 spiro atoms. The van der Waals surface area contributed by atoms with Crippen LogP contribution in [0.1, 0.15) is 47.7 Å². The first-order valence-corrected chi connectivity index (χ1v) is 14.3. The largest absolute Gasteiger partial charge is 0.507 e. The van der Waals surface area contributed by atoms with Gasteiger partial charge in [-0.05, 0) is 92.4 Å². The number of aliphatic hydroxyl groups excluding tert-OH is 1. The number of rotatable bonds is 9. The van der Waals surface area contributed by atoms with Gasteiger partial charge in [-0.25, -0.2) is 0 Å². The highest BCUT2D eigenvalue weighted by Gasteiger charge is 2.47. The maximum absolute atomic E-state index is 13.6. The van der Waals surface area contributed by atoms with Gasteiger partial charge in [-0.2, -0.15) is 0 Å². The Morgan fingerprint density at radius 1 is 0.857 bits per heavy atom. The first-order valence-electron chi connectivity index (χ1n) is 14.3. The number of nitrogens with zero attached hydrogens (tertiary/aromatic N) is 2. The Labute approximate surface area is 247 Å². The Morgan fingerprint density at radius 3 is 2.21 bits per heavy atom. The molecule has 1 aliphatic heterocycles. The maximum Gasteiger partial charge on any atom is 0.300 e. The molecule has 214 valence electrons. The Morgan fingerprint density at radius 2 is 1.57 bits per heavy atom. The van der Waals surface area contributed by atoms with Crippen LogP contribution in [0.4, 0.5) is 11.4 Å². The van der Waals surface area contributed by atoms with E-state index >= 15 is 0 Å². The van der Waals surface area contributed by atoms with Crippen LogP contribution in [-0.4, -0.2) is 29.9 Å². The third-order valence-corrected chi connectivity index (χ3v) is 7.75. The minimum Gasteiger partial charge on any atom is -0.507 e. The topological polar surface area (TPSA) is 70.1 Å². The molecule has 0 aromatic heterocycles. The Hall–Kier alpha value is -4.84. The summed E-state index contributed by atoms with van der Waals surface area (Å²) in [5.74, 6) is -0.911. The highest BCUT2D eigenvalue weighted by Crippen LogP contribution is 2.43. The number of carbonyl (C=O) groups is 2.